The molecular weight excluding hydrogens is 697 g/mol. The minimum absolute atomic E-state index is 0. The zero-order valence-electron chi connectivity index (χ0n) is 24.7. The number of fused-ring (bicyclic) bond motifs is 1. The van der Waals surface area contributed by atoms with Crippen LogP contribution in [0.1, 0.15) is 1.43 Å². The van der Waals surface area contributed by atoms with Crippen LogP contribution >= 0.6 is 7.60 Å². The van der Waals surface area contributed by atoms with Crippen LogP contribution in [0.5, 0.6) is 5.75 Å². The highest BCUT2D eigenvalue weighted by Gasteiger charge is 2.19. The summed E-state index contributed by atoms with van der Waals surface area (Å²) in [4.78, 5) is 19.1. The Kier molecular flexibility index (Phi) is 12.3. The molecule has 0 atom stereocenters. The number of quaternary nitrogens is 3. The molecule has 4 rings (SSSR count). The molecule has 0 radical (unpaired) electrons. The van der Waals surface area contributed by atoms with E-state index in [9.17, 15) is 58.4 Å². The minimum Gasteiger partial charge on any atom is -0.807 e. The van der Waals surface area contributed by atoms with Gasteiger partial charge in [0.1, 0.15) is 47.5 Å². The maximum atomic E-state index is 12.0. The molecule has 20 nitrogen and oxygen atoms in total. The minimum atomic E-state index is -5.50. The summed E-state index contributed by atoms with van der Waals surface area (Å²) < 4.78 is 117. The third-order valence-corrected chi connectivity index (χ3v) is 8.91. The summed E-state index contributed by atoms with van der Waals surface area (Å²) in [5, 5.41) is 23.3. The van der Waals surface area contributed by atoms with E-state index in [0.29, 0.717) is 12.1 Å². The van der Waals surface area contributed by atoms with E-state index in [4.69, 9.17) is 0 Å². The quantitative estimate of drug-likeness (QED) is 0.116. The number of hydrogen-bond acceptors (Lipinski definition) is 17. The van der Waals surface area contributed by atoms with Gasteiger partial charge in [-0.05, 0) is 66.8 Å². The van der Waals surface area contributed by atoms with Crippen molar-refractivity contribution in [3.05, 3.63) is 66.7 Å². The van der Waals surface area contributed by atoms with E-state index in [2.05, 4.69) is 20.5 Å². The zero-order valence-corrected chi connectivity index (χ0v) is 27.0. The van der Waals surface area contributed by atoms with Gasteiger partial charge >= 0.3 is 1.43 Å². The van der Waals surface area contributed by atoms with Gasteiger partial charge in [0, 0.05) is 5.39 Å². The molecule has 0 unspecified atom stereocenters. The molecule has 0 aromatic heterocycles. The molecule has 0 saturated carbocycles. The lowest BCUT2D eigenvalue weighted by Crippen LogP contribution is -2.24. The van der Waals surface area contributed by atoms with Gasteiger partial charge in [-0.15, -0.1) is 10.2 Å². The van der Waals surface area contributed by atoms with Crippen LogP contribution in [0, 0.1) is 0 Å². The normalized spacial score (nSPS) is 12.5. The average molecular weight is 723 g/mol. The maximum absolute atomic E-state index is 12.0. The summed E-state index contributed by atoms with van der Waals surface area (Å²) in [6.07, 6.45) is 0. The van der Waals surface area contributed by atoms with Gasteiger partial charge < -0.3 is 51.6 Å². The second-order valence-electron chi connectivity index (χ2n) is 8.38. The predicted octanol–water partition coefficient (Wildman–Crippen LogP) is 2.87. The van der Waals surface area contributed by atoms with Crippen LogP contribution < -0.4 is 33.5 Å². The lowest BCUT2D eigenvalue weighted by molar-refractivity contribution is -0.307. The van der Waals surface area contributed by atoms with Gasteiger partial charge in [-0.3, -0.25) is 0 Å². The zero-order chi connectivity index (χ0) is 32.0. The van der Waals surface area contributed by atoms with Crippen molar-refractivity contribution in [2.24, 2.45) is 20.5 Å². The Hall–Kier alpha value is -4.10. The summed E-state index contributed by atoms with van der Waals surface area (Å²) in [6, 6.07) is 9.96. The largest absolute Gasteiger partial charge is 1.00 e. The van der Waals surface area contributed by atoms with Crippen LogP contribution in [0.3, 0.4) is 0 Å². The van der Waals surface area contributed by atoms with E-state index in [1.165, 1.54) is 12.1 Å². The summed E-state index contributed by atoms with van der Waals surface area (Å²) >= 11 is 0. The highest BCUT2D eigenvalue weighted by atomic mass is 32.2. The van der Waals surface area contributed by atoms with Gasteiger partial charge in [-0.1, -0.05) is 18.2 Å². The molecule has 13 N–H and O–H groups in total. The smallest absolute Gasteiger partial charge is 0.807 e. The van der Waals surface area contributed by atoms with E-state index in [1.807, 2.05) is 0 Å². The summed E-state index contributed by atoms with van der Waals surface area (Å²) in [7, 11) is -21.2. The van der Waals surface area contributed by atoms with Crippen molar-refractivity contribution in [2.75, 3.05) is 0 Å². The Morgan fingerprint density at radius 2 is 1.24 bits per heavy atom. The molecule has 0 aliphatic heterocycles. The number of rotatable bonds is 8. The molecule has 46 heavy (non-hydrogen) atoms. The van der Waals surface area contributed by atoms with Gasteiger partial charge in [-0.2, -0.15) is 10.2 Å². The Balaban J connectivity index is 0.00000529. The molecule has 0 aliphatic carbocycles. The third-order valence-electron chi connectivity index (χ3n) is 5.46. The number of hydrogen-bond donors (Lipinski definition) is 4. The van der Waals surface area contributed by atoms with E-state index in [0.717, 1.165) is 36.4 Å². The molecule has 0 bridgehead atoms. The molecule has 24 heteroatoms. The molecule has 0 saturated heterocycles. The second kappa shape index (κ2) is 14.1. The van der Waals surface area contributed by atoms with E-state index >= 15 is 0 Å². The lowest BCUT2D eigenvalue weighted by Gasteiger charge is -2.29. The van der Waals surface area contributed by atoms with Crippen molar-refractivity contribution in [2.45, 2.75) is 14.7 Å². The average Bonchev–Trinajstić information content (AvgIpc) is 2.89. The van der Waals surface area contributed by atoms with Crippen molar-refractivity contribution in [3.8, 4) is 5.75 Å². The molecule has 4 aromatic rings. The van der Waals surface area contributed by atoms with E-state index < -0.39 is 80.5 Å². The number of benzene rings is 4. The molecular formula is C22H25N7O13PS3-. The molecule has 0 spiro atoms. The Morgan fingerprint density at radius 3 is 1.78 bits per heavy atom. The third kappa shape index (κ3) is 9.00. The van der Waals surface area contributed by atoms with E-state index in [1.54, 1.807) is 0 Å². The number of azo groups is 2. The molecule has 0 aliphatic rings. The Bertz CT molecular complexity index is 2250. The van der Waals surface area contributed by atoms with Crippen LogP contribution in [-0.2, 0) is 34.9 Å². The van der Waals surface area contributed by atoms with Crippen molar-refractivity contribution in [1.29, 1.82) is 0 Å². The topological polar surface area (TPSA) is 414 Å². The Morgan fingerprint density at radius 1 is 0.652 bits per heavy atom. The van der Waals surface area contributed by atoms with Crippen LogP contribution in [0.4, 0.5) is 22.7 Å². The number of phenolic OH excluding ortho intramolecular Hbond substituents is 1. The first kappa shape index (κ1) is 39.9. The van der Waals surface area contributed by atoms with Crippen LogP contribution in [0.15, 0.2) is 102 Å². The summed E-state index contributed by atoms with van der Waals surface area (Å²) in [5.41, 5.74) is -1.78. The van der Waals surface area contributed by atoms with Gasteiger partial charge in [0.2, 0.25) is 0 Å². The van der Waals surface area contributed by atoms with Crippen LogP contribution in [-0.4, -0.2) is 44.0 Å². The fraction of sp³-hybridized carbons (Fsp3) is 0. The number of aromatic hydroxyl groups is 1. The fourth-order valence-corrected chi connectivity index (χ4v) is 6.14. The molecule has 0 fully saturated rings. The monoisotopic (exact) mass is 722 g/mol. The standard InChI is InChI=1S/C22H17N4O13PS3.3H3N/c27-18-7-4-12-8-16(41(31,32)33)11-20(43(37,38)39)21(12)22(18)26-25-17-6-5-14(10-19(17)42(34,35)36)24-23-13-2-1-3-15(9-13)40(28,29)30;;;/h1-11,27H,(H2,28,29,30)(H,31,32,33)(H,34,35,36)(H,37,38,39);3*1H3/p-1. The van der Waals surface area contributed by atoms with Crippen LogP contribution in [0.25, 0.3) is 10.8 Å². The highest BCUT2D eigenvalue weighted by Crippen LogP contribution is 2.41. The number of phenols is 1. The summed E-state index contributed by atoms with van der Waals surface area (Å²) in [5.74, 6) is -0.807. The van der Waals surface area contributed by atoms with Crippen molar-refractivity contribution < 1.29 is 59.8 Å². The van der Waals surface area contributed by atoms with Gasteiger partial charge in [0.15, 0.2) is 0 Å². The second-order valence-corrected chi connectivity index (χ2v) is 14.0. The molecule has 4 aromatic carbocycles. The Labute approximate surface area is 262 Å². The van der Waals surface area contributed by atoms with Crippen molar-refractivity contribution in [1.82, 2.24) is 18.5 Å². The first-order valence-corrected chi connectivity index (χ1v) is 16.8. The van der Waals surface area contributed by atoms with Gasteiger partial charge in [0.05, 0.1) is 26.1 Å². The maximum Gasteiger partial charge on any atom is 1.00 e. The van der Waals surface area contributed by atoms with Gasteiger partial charge in [0.25, 0.3) is 0 Å². The van der Waals surface area contributed by atoms with E-state index in [-0.39, 0.29) is 42.7 Å². The predicted molar refractivity (Wildman–Crippen MR) is 157 cm³/mol. The lowest BCUT2D eigenvalue weighted by atomic mass is 10.1. The SMILES string of the molecule is O=P([O-])([O-])c1cccc(N=Nc2ccc(N=Nc3c(O)ccc4cc(S(=O)(=O)[O-])cc(S(=O)(=O)[O-])c34)c(S(=O)(=O)[O-])c2)c1.[H+].[NH4+].[NH4+].[NH4+]. The van der Waals surface area contributed by atoms with Crippen LogP contribution in [0.2, 0.25) is 0 Å². The first-order valence-electron chi connectivity index (χ1n) is 11.0. The summed E-state index contributed by atoms with van der Waals surface area (Å²) in [6.45, 7) is 0. The van der Waals surface area contributed by atoms with Gasteiger partial charge in [-0.25, -0.2) is 25.3 Å². The highest BCUT2D eigenvalue weighted by molar-refractivity contribution is 7.86. The number of nitrogens with zero attached hydrogens (tertiary/aromatic N) is 4. The fourth-order valence-electron chi connectivity index (χ4n) is 3.61. The molecule has 0 heterocycles. The van der Waals surface area contributed by atoms with Crippen molar-refractivity contribution in [3.63, 3.8) is 0 Å². The molecule has 250 valence electrons. The van der Waals surface area contributed by atoms with Crippen molar-refractivity contribution >= 4 is 76.8 Å². The first-order chi connectivity index (χ1) is 19.7. The molecule has 0 amide bonds.